The summed E-state index contributed by atoms with van der Waals surface area (Å²) in [5, 5.41) is 17.4. The number of anilines is 3. The molecule has 1 amide bonds. The molecule has 1 atom stereocenters. The zero-order valence-electron chi connectivity index (χ0n) is 18.8. The molecule has 8 nitrogen and oxygen atoms in total. The highest BCUT2D eigenvalue weighted by atomic mass is 32.1. The minimum atomic E-state index is -0.484. The molecule has 4 rings (SSSR count). The predicted octanol–water partition coefficient (Wildman–Crippen LogP) is 4.70. The zero-order valence-corrected chi connectivity index (χ0v) is 19.6. The lowest BCUT2D eigenvalue weighted by molar-refractivity contribution is -0.384. The van der Waals surface area contributed by atoms with Gasteiger partial charge in [0.2, 0.25) is 0 Å². The molecule has 0 aliphatic carbocycles. The number of amides is 1. The predicted molar refractivity (Wildman–Crippen MR) is 135 cm³/mol. The van der Waals surface area contributed by atoms with Gasteiger partial charge in [-0.1, -0.05) is 0 Å². The summed E-state index contributed by atoms with van der Waals surface area (Å²) in [5.41, 5.74) is 2.63. The van der Waals surface area contributed by atoms with Gasteiger partial charge >= 0.3 is 0 Å². The Hall–Kier alpha value is -3.20. The molecule has 9 heteroatoms. The quantitative estimate of drug-likeness (QED) is 0.374. The van der Waals surface area contributed by atoms with Crippen molar-refractivity contribution in [3.8, 4) is 0 Å². The normalized spacial score (nSPS) is 18.2. The Kier molecular flexibility index (Phi) is 7.08. The van der Waals surface area contributed by atoms with E-state index in [1.165, 1.54) is 31.0 Å². The van der Waals surface area contributed by atoms with Gasteiger partial charge in [-0.05, 0) is 87.6 Å². The van der Waals surface area contributed by atoms with E-state index in [2.05, 4.69) is 34.6 Å². The lowest BCUT2D eigenvalue weighted by Crippen LogP contribution is -2.37. The highest BCUT2D eigenvalue weighted by Crippen LogP contribution is 2.31. The first-order chi connectivity index (χ1) is 15.9. The number of hydrogen-bond donors (Lipinski definition) is 2. The average Bonchev–Trinajstić information content (AvgIpc) is 3.34. The summed E-state index contributed by atoms with van der Waals surface area (Å²) in [7, 11) is 0. The number of benzene rings is 2. The second-order valence-electron chi connectivity index (χ2n) is 8.65. The smallest absolute Gasteiger partial charge is 0.293 e. The lowest BCUT2D eigenvalue weighted by Gasteiger charge is -2.35. The van der Waals surface area contributed by atoms with E-state index < -0.39 is 10.8 Å². The molecule has 0 saturated carbocycles. The number of nitro benzene ring substituents is 1. The summed E-state index contributed by atoms with van der Waals surface area (Å²) in [6.07, 6.45) is 5.70. The van der Waals surface area contributed by atoms with Crippen molar-refractivity contribution in [3.63, 3.8) is 0 Å². The van der Waals surface area contributed by atoms with Crippen LogP contribution >= 0.6 is 12.2 Å². The van der Waals surface area contributed by atoms with Crippen molar-refractivity contribution in [2.45, 2.75) is 45.1 Å². The van der Waals surface area contributed by atoms with Gasteiger partial charge in [-0.15, -0.1) is 0 Å². The van der Waals surface area contributed by atoms with Gasteiger partial charge in [0.05, 0.1) is 4.92 Å². The Morgan fingerprint density at radius 3 is 2.42 bits per heavy atom. The minimum Gasteiger partial charge on any atom is -0.369 e. The van der Waals surface area contributed by atoms with E-state index in [1.807, 2.05) is 17.0 Å². The number of piperidine rings is 1. The van der Waals surface area contributed by atoms with Gasteiger partial charge in [-0.2, -0.15) is 0 Å². The number of nitrogens with zero attached hydrogens (tertiary/aromatic N) is 3. The largest absolute Gasteiger partial charge is 0.369 e. The second kappa shape index (κ2) is 10.2. The van der Waals surface area contributed by atoms with E-state index in [0.29, 0.717) is 11.7 Å². The van der Waals surface area contributed by atoms with E-state index >= 15 is 0 Å². The molecular weight excluding hydrogens is 438 g/mol. The molecule has 0 aromatic heterocycles. The molecule has 2 aliphatic rings. The summed E-state index contributed by atoms with van der Waals surface area (Å²) in [6.45, 7) is 4.88. The highest BCUT2D eigenvalue weighted by molar-refractivity contribution is 7.80. The summed E-state index contributed by atoms with van der Waals surface area (Å²) < 4.78 is 0. The summed E-state index contributed by atoms with van der Waals surface area (Å²) in [6, 6.07) is 13.1. The van der Waals surface area contributed by atoms with Crippen LogP contribution in [0.3, 0.4) is 0 Å². The van der Waals surface area contributed by atoms with Crippen molar-refractivity contribution in [2.24, 2.45) is 0 Å². The first-order valence-corrected chi connectivity index (χ1v) is 11.9. The highest BCUT2D eigenvalue weighted by Gasteiger charge is 2.24. The molecule has 0 spiro atoms. The molecule has 2 aromatic carbocycles. The maximum atomic E-state index is 12.7. The van der Waals surface area contributed by atoms with Crippen LogP contribution in [0.4, 0.5) is 22.7 Å². The zero-order chi connectivity index (χ0) is 23.4. The van der Waals surface area contributed by atoms with Gasteiger partial charge in [-0.25, -0.2) is 0 Å². The van der Waals surface area contributed by atoms with Crippen molar-refractivity contribution in [2.75, 3.05) is 34.8 Å². The fraction of sp³-hybridized carbons (Fsp3) is 0.417. The van der Waals surface area contributed by atoms with E-state index in [1.54, 1.807) is 12.1 Å². The molecule has 2 fully saturated rings. The van der Waals surface area contributed by atoms with Crippen LogP contribution in [-0.2, 0) is 0 Å². The number of carbonyl (C=O) groups excluding carboxylic acids is 1. The SMILES string of the molecule is C[C@@H]1CCCCN1c1ccc(NC(=S)NC(=O)c2ccc(N3CCCC3)c([N+](=O)[O-])c2)cc1. The molecule has 0 bridgehead atoms. The summed E-state index contributed by atoms with van der Waals surface area (Å²) in [5.74, 6) is -0.484. The Morgan fingerprint density at radius 1 is 1.06 bits per heavy atom. The first kappa shape index (κ1) is 23.0. The maximum absolute atomic E-state index is 12.7. The van der Waals surface area contributed by atoms with E-state index in [4.69, 9.17) is 12.2 Å². The van der Waals surface area contributed by atoms with Crippen molar-refractivity contribution in [1.82, 2.24) is 5.32 Å². The third kappa shape index (κ3) is 5.42. The number of carbonyl (C=O) groups is 1. The van der Waals surface area contributed by atoms with E-state index in [9.17, 15) is 14.9 Å². The van der Waals surface area contributed by atoms with Gasteiger partial charge < -0.3 is 15.1 Å². The van der Waals surface area contributed by atoms with Crippen LogP contribution in [0.2, 0.25) is 0 Å². The van der Waals surface area contributed by atoms with Crippen LogP contribution in [-0.4, -0.2) is 41.6 Å². The van der Waals surface area contributed by atoms with E-state index in [-0.39, 0.29) is 16.4 Å². The Balaban J connectivity index is 1.39. The van der Waals surface area contributed by atoms with Gasteiger partial charge in [0.1, 0.15) is 5.69 Å². The molecule has 174 valence electrons. The van der Waals surface area contributed by atoms with Crippen molar-refractivity contribution >= 4 is 46.0 Å². The fourth-order valence-electron chi connectivity index (χ4n) is 4.59. The minimum absolute atomic E-state index is 0.0639. The van der Waals surface area contributed by atoms with Crippen molar-refractivity contribution in [1.29, 1.82) is 0 Å². The van der Waals surface area contributed by atoms with Crippen LogP contribution in [0.15, 0.2) is 42.5 Å². The Morgan fingerprint density at radius 2 is 1.76 bits per heavy atom. The third-order valence-corrected chi connectivity index (χ3v) is 6.57. The number of nitrogens with one attached hydrogen (secondary N) is 2. The van der Waals surface area contributed by atoms with Crippen LogP contribution < -0.4 is 20.4 Å². The Bertz CT molecular complexity index is 1040. The van der Waals surface area contributed by atoms with Gasteiger partial charge in [-0.3, -0.25) is 20.2 Å². The van der Waals surface area contributed by atoms with Gasteiger partial charge in [0.25, 0.3) is 11.6 Å². The fourth-order valence-corrected chi connectivity index (χ4v) is 4.80. The first-order valence-electron chi connectivity index (χ1n) is 11.4. The molecule has 33 heavy (non-hydrogen) atoms. The third-order valence-electron chi connectivity index (χ3n) is 6.37. The van der Waals surface area contributed by atoms with Crippen molar-refractivity contribution in [3.05, 3.63) is 58.1 Å². The molecule has 0 unspecified atom stereocenters. The Labute approximate surface area is 199 Å². The van der Waals surface area contributed by atoms with E-state index in [0.717, 1.165) is 38.2 Å². The number of rotatable bonds is 5. The molecule has 2 saturated heterocycles. The molecule has 2 aromatic rings. The maximum Gasteiger partial charge on any atom is 0.293 e. The van der Waals surface area contributed by atoms with Gasteiger partial charge in [0.15, 0.2) is 5.11 Å². The number of nitro groups is 1. The average molecular weight is 468 g/mol. The van der Waals surface area contributed by atoms with Gasteiger partial charge in [0, 0.05) is 48.7 Å². The number of thiocarbonyl (C=S) groups is 1. The lowest BCUT2D eigenvalue weighted by atomic mass is 10.0. The molecule has 2 N–H and O–H groups in total. The monoisotopic (exact) mass is 467 g/mol. The van der Waals surface area contributed by atoms with Crippen LogP contribution in [0.1, 0.15) is 49.4 Å². The standard InChI is InChI=1S/C24H29N5O3S/c1-17-6-2-3-15-28(17)20-10-8-19(9-11-20)25-24(33)26-23(30)18-7-12-21(22(16-18)29(31)32)27-13-4-5-14-27/h7-12,16-17H,2-6,13-15H2,1H3,(H2,25,26,30,33)/t17-/m1/s1. The second-order valence-corrected chi connectivity index (χ2v) is 9.06. The summed E-state index contributed by atoms with van der Waals surface area (Å²) in [4.78, 5) is 28.2. The molecule has 2 heterocycles. The molecule has 2 aliphatic heterocycles. The molecular formula is C24H29N5O3S. The molecule has 0 radical (unpaired) electrons. The topological polar surface area (TPSA) is 90.8 Å². The van der Waals surface area contributed by atoms with Crippen LogP contribution in [0.25, 0.3) is 0 Å². The van der Waals surface area contributed by atoms with Crippen LogP contribution in [0.5, 0.6) is 0 Å². The van der Waals surface area contributed by atoms with Crippen LogP contribution in [0, 0.1) is 10.1 Å². The summed E-state index contributed by atoms with van der Waals surface area (Å²) >= 11 is 5.29. The van der Waals surface area contributed by atoms with Crippen molar-refractivity contribution < 1.29 is 9.72 Å². The number of hydrogen-bond acceptors (Lipinski definition) is 6.